The molecular weight excluding hydrogens is 276 g/mol. The van der Waals surface area contributed by atoms with E-state index in [9.17, 15) is 0 Å². The van der Waals surface area contributed by atoms with Crippen molar-refractivity contribution in [2.45, 2.75) is 20.1 Å². The van der Waals surface area contributed by atoms with Gasteiger partial charge in [0.15, 0.2) is 0 Å². The Morgan fingerprint density at radius 1 is 0.773 bits per heavy atom. The van der Waals surface area contributed by atoms with E-state index >= 15 is 0 Å². The van der Waals surface area contributed by atoms with E-state index in [-0.39, 0.29) is 0 Å². The molecule has 3 nitrogen and oxygen atoms in total. The second-order valence-corrected chi connectivity index (χ2v) is 5.47. The lowest BCUT2D eigenvalue weighted by Gasteiger charge is -2.13. The molecule has 22 heavy (non-hydrogen) atoms. The zero-order valence-electron chi connectivity index (χ0n) is 13.3. The van der Waals surface area contributed by atoms with E-state index < -0.39 is 0 Å². The maximum Gasteiger partial charge on any atom is 0.118 e. The predicted molar refractivity (Wildman–Crippen MR) is 87.9 cm³/mol. The summed E-state index contributed by atoms with van der Waals surface area (Å²) in [5, 5.41) is 0. The maximum absolute atomic E-state index is 5.74. The molecule has 1 unspecified atom stereocenters. The van der Waals surface area contributed by atoms with Gasteiger partial charge in [-0.15, -0.1) is 0 Å². The minimum Gasteiger partial charge on any atom is -0.497 e. The van der Waals surface area contributed by atoms with Crippen molar-refractivity contribution in [3.63, 3.8) is 0 Å². The molecule has 3 heteroatoms. The van der Waals surface area contributed by atoms with Gasteiger partial charge >= 0.3 is 0 Å². The van der Waals surface area contributed by atoms with Crippen LogP contribution in [-0.4, -0.2) is 20.3 Å². The Labute approximate surface area is 132 Å². The van der Waals surface area contributed by atoms with E-state index in [1.165, 1.54) is 5.56 Å². The average Bonchev–Trinajstić information content (AvgIpc) is 2.56. The van der Waals surface area contributed by atoms with E-state index in [0.29, 0.717) is 32.3 Å². The van der Waals surface area contributed by atoms with Crippen molar-refractivity contribution >= 4 is 0 Å². The lowest BCUT2D eigenvalue weighted by molar-refractivity contribution is 0.0335. The van der Waals surface area contributed by atoms with Crippen LogP contribution >= 0.6 is 0 Å². The summed E-state index contributed by atoms with van der Waals surface area (Å²) < 4.78 is 16.6. The summed E-state index contributed by atoms with van der Waals surface area (Å²) >= 11 is 0. The highest BCUT2D eigenvalue weighted by atomic mass is 16.5. The number of hydrogen-bond acceptors (Lipinski definition) is 3. The molecule has 0 spiro atoms. The van der Waals surface area contributed by atoms with Gasteiger partial charge in [-0.3, -0.25) is 0 Å². The fourth-order valence-corrected chi connectivity index (χ4v) is 2.10. The third kappa shape index (κ3) is 5.88. The molecule has 0 aliphatic heterocycles. The van der Waals surface area contributed by atoms with Gasteiger partial charge < -0.3 is 14.2 Å². The van der Waals surface area contributed by atoms with Gasteiger partial charge in [-0.1, -0.05) is 49.4 Å². The smallest absolute Gasteiger partial charge is 0.118 e. The van der Waals surface area contributed by atoms with Gasteiger partial charge in [-0.25, -0.2) is 0 Å². The number of rotatable bonds is 9. The summed E-state index contributed by atoms with van der Waals surface area (Å²) in [6.07, 6.45) is 0. The van der Waals surface area contributed by atoms with Crippen LogP contribution in [0.4, 0.5) is 0 Å². The number of benzene rings is 2. The van der Waals surface area contributed by atoms with Crippen LogP contribution in [0.1, 0.15) is 18.1 Å². The number of methoxy groups -OCH3 is 1. The highest BCUT2D eigenvalue weighted by Crippen LogP contribution is 2.12. The lowest BCUT2D eigenvalue weighted by atomic mass is 10.2. The molecule has 2 rings (SSSR count). The molecule has 0 heterocycles. The SMILES string of the molecule is COc1ccc(COCC(C)COCc2ccccc2)cc1. The van der Waals surface area contributed by atoms with E-state index in [1.807, 2.05) is 42.5 Å². The molecule has 0 aromatic heterocycles. The van der Waals surface area contributed by atoms with Crippen LogP contribution in [0.2, 0.25) is 0 Å². The average molecular weight is 300 g/mol. The summed E-state index contributed by atoms with van der Waals surface area (Å²) in [5.41, 5.74) is 2.35. The van der Waals surface area contributed by atoms with Crippen LogP contribution in [0.25, 0.3) is 0 Å². The second-order valence-electron chi connectivity index (χ2n) is 5.47. The van der Waals surface area contributed by atoms with Crippen LogP contribution in [0.15, 0.2) is 54.6 Å². The molecule has 118 valence electrons. The van der Waals surface area contributed by atoms with Gasteiger partial charge in [0.2, 0.25) is 0 Å². The van der Waals surface area contributed by atoms with E-state index in [1.54, 1.807) is 7.11 Å². The Morgan fingerprint density at radius 2 is 1.32 bits per heavy atom. The van der Waals surface area contributed by atoms with Crippen molar-refractivity contribution in [2.75, 3.05) is 20.3 Å². The summed E-state index contributed by atoms with van der Waals surface area (Å²) in [6.45, 7) is 4.81. The molecule has 0 fully saturated rings. The fraction of sp³-hybridized carbons (Fsp3) is 0.368. The first-order chi connectivity index (χ1) is 10.8. The molecule has 0 bridgehead atoms. The van der Waals surface area contributed by atoms with Crippen molar-refractivity contribution in [3.05, 3.63) is 65.7 Å². The Hall–Kier alpha value is -1.84. The molecular formula is C19H24O3. The van der Waals surface area contributed by atoms with Crippen molar-refractivity contribution in [1.82, 2.24) is 0 Å². The predicted octanol–water partition coefficient (Wildman–Crippen LogP) is 4.06. The van der Waals surface area contributed by atoms with Crippen molar-refractivity contribution in [3.8, 4) is 5.75 Å². The van der Waals surface area contributed by atoms with Gasteiger partial charge in [-0.05, 0) is 23.3 Å². The highest BCUT2D eigenvalue weighted by Gasteiger charge is 2.03. The molecule has 2 aromatic rings. The van der Waals surface area contributed by atoms with Gasteiger partial charge in [0.25, 0.3) is 0 Å². The minimum absolute atomic E-state index is 0.377. The maximum atomic E-state index is 5.74. The fourth-order valence-electron chi connectivity index (χ4n) is 2.10. The molecule has 0 aliphatic rings. The van der Waals surface area contributed by atoms with Crippen LogP contribution in [0.5, 0.6) is 5.75 Å². The Balaban J connectivity index is 1.60. The van der Waals surface area contributed by atoms with Gasteiger partial charge in [0, 0.05) is 5.92 Å². The summed E-state index contributed by atoms with van der Waals surface area (Å²) in [4.78, 5) is 0. The first kappa shape index (κ1) is 16.5. The molecule has 0 aliphatic carbocycles. The van der Waals surface area contributed by atoms with Crippen LogP contribution in [-0.2, 0) is 22.7 Å². The largest absolute Gasteiger partial charge is 0.497 e. The molecule has 0 radical (unpaired) electrons. The third-order valence-corrected chi connectivity index (χ3v) is 3.34. The molecule has 1 atom stereocenters. The topological polar surface area (TPSA) is 27.7 Å². The van der Waals surface area contributed by atoms with Crippen LogP contribution in [0, 0.1) is 5.92 Å². The van der Waals surface area contributed by atoms with Gasteiger partial charge in [0.1, 0.15) is 5.75 Å². The van der Waals surface area contributed by atoms with Gasteiger partial charge in [-0.2, -0.15) is 0 Å². The third-order valence-electron chi connectivity index (χ3n) is 3.34. The van der Waals surface area contributed by atoms with Crippen molar-refractivity contribution in [2.24, 2.45) is 5.92 Å². The Kier molecular flexibility index (Phi) is 6.94. The molecule has 0 N–H and O–H groups in total. The zero-order chi connectivity index (χ0) is 15.6. The standard InChI is InChI=1S/C19H24O3/c1-16(12-21-14-17-6-4-3-5-7-17)13-22-15-18-8-10-19(20-2)11-9-18/h3-11,16H,12-15H2,1-2H3. The summed E-state index contributed by atoms with van der Waals surface area (Å²) in [7, 11) is 1.67. The molecule has 0 saturated heterocycles. The normalized spacial score (nSPS) is 12.1. The summed E-state index contributed by atoms with van der Waals surface area (Å²) in [6, 6.07) is 18.2. The van der Waals surface area contributed by atoms with Crippen molar-refractivity contribution < 1.29 is 14.2 Å². The Morgan fingerprint density at radius 3 is 1.86 bits per heavy atom. The van der Waals surface area contributed by atoms with Gasteiger partial charge in [0.05, 0.1) is 33.5 Å². The number of hydrogen-bond donors (Lipinski definition) is 0. The first-order valence-corrected chi connectivity index (χ1v) is 7.60. The zero-order valence-corrected chi connectivity index (χ0v) is 13.3. The van der Waals surface area contributed by atoms with Crippen LogP contribution in [0.3, 0.4) is 0 Å². The van der Waals surface area contributed by atoms with Crippen molar-refractivity contribution in [1.29, 1.82) is 0 Å². The van der Waals surface area contributed by atoms with E-state index in [2.05, 4.69) is 19.1 Å². The first-order valence-electron chi connectivity index (χ1n) is 7.60. The quantitative estimate of drug-likeness (QED) is 0.699. The lowest BCUT2D eigenvalue weighted by Crippen LogP contribution is -2.13. The monoisotopic (exact) mass is 300 g/mol. The van der Waals surface area contributed by atoms with E-state index in [4.69, 9.17) is 14.2 Å². The molecule has 2 aromatic carbocycles. The van der Waals surface area contributed by atoms with Crippen LogP contribution < -0.4 is 4.74 Å². The number of ether oxygens (including phenoxy) is 3. The minimum atomic E-state index is 0.377. The molecule has 0 saturated carbocycles. The Bertz CT molecular complexity index is 522. The molecule has 0 amide bonds. The second kappa shape index (κ2) is 9.23. The summed E-state index contributed by atoms with van der Waals surface area (Å²) in [5.74, 6) is 1.24. The van der Waals surface area contributed by atoms with E-state index in [0.717, 1.165) is 11.3 Å². The highest BCUT2D eigenvalue weighted by molar-refractivity contribution is 5.26.